The van der Waals surface area contributed by atoms with Gasteiger partial charge in [0.05, 0.1) is 11.3 Å². The van der Waals surface area contributed by atoms with Crippen molar-refractivity contribution < 1.29 is 17.7 Å². The van der Waals surface area contributed by atoms with Gasteiger partial charge in [0.2, 0.25) is 15.9 Å². The molecule has 29 heavy (non-hydrogen) atoms. The first-order chi connectivity index (χ1) is 13.9. The summed E-state index contributed by atoms with van der Waals surface area (Å²) in [7, 11) is -0.498. The van der Waals surface area contributed by atoms with E-state index < -0.39 is 10.0 Å². The normalized spacial score (nSPS) is 13.9. The highest BCUT2D eigenvalue weighted by Gasteiger charge is 2.28. The predicted octanol–water partition coefficient (Wildman–Crippen LogP) is 2.12. The average Bonchev–Trinajstić information content (AvgIpc) is 3.31. The van der Waals surface area contributed by atoms with Crippen LogP contribution in [0.4, 0.5) is 5.69 Å². The Hall–Kier alpha value is -3.04. The Morgan fingerprint density at radius 2 is 1.93 bits per heavy atom. The van der Waals surface area contributed by atoms with Crippen LogP contribution in [0, 0.1) is 0 Å². The van der Waals surface area contributed by atoms with Gasteiger partial charge in [-0.15, -0.1) is 0 Å². The maximum Gasteiger partial charge on any atom is 0.257 e. The number of hydrogen-bond acceptors (Lipinski definition) is 6. The van der Waals surface area contributed by atoms with E-state index in [4.69, 9.17) is 4.52 Å². The van der Waals surface area contributed by atoms with Gasteiger partial charge in [0.15, 0.2) is 5.82 Å². The quantitative estimate of drug-likeness (QED) is 0.615. The minimum atomic E-state index is -3.69. The second kappa shape index (κ2) is 7.41. The average molecular weight is 412 g/mol. The predicted molar refractivity (Wildman–Crippen MR) is 107 cm³/mol. The molecule has 0 atom stereocenters. The number of nitrogens with zero attached hydrogens (tertiary/aromatic N) is 4. The first-order valence-corrected chi connectivity index (χ1v) is 10.5. The maximum absolute atomic E-state index is 12.9. The number of carbonyl (C=O) groups is 1. The van der Waals surface area contributed by atoms with E-state index in [1.807, 2.05) is 30.3 Å². The maximum atomic E-state index is 12.9. The van der Waals surface area contributed by atoms with Crippen molar-refractivity contribution in [2.75, 3.05) is 25.5 Å². The highest BCUT2D eigenvalue weighted by Crippen LogP contribution is 2.30. The summed E-state index contributed by atoms with van der Waals surface area (Å²) in [5.41, 5.74) is 2.28. The standard InChI is InChI=1S/C20H20N4O4S/c1-23(11-10-18-21-20(28-22-18)14-6-4-3-5-7-14)29(26,27)16-8-9-17-15(12-16)13-19(25)24(17)2/h3-9,12H,10-11,13H2,1-2H3. The van der Waals surface area contributed by atoms with Crippen molar-refractivity contribution in [3.05, 3.63) is 59.9 Å². The highest BCUT2D eigenvalue weighted by molar-refractivity contribution is 7.89. The third-order valence-electron chi connectivity index (χ3n) is 4.98. The first-order valence-electron chi connectivity index (χ1n) is 9.10. The SMILES string of the molecule is CN1C(=O)Cc2cc(S(=O)(=O)N(C)CCc3noc(-c4ccccc4)n3)ccc21. The largest absolute Gasteiger partial charge is 0.334 e. The van der Waals surface area contributed by atoms with Gasteiger partial charge >= 0.3 is 0 Å². The Bertz CT molecular complexity index is 1160. The Morgan fingerprint density at radius 1 is 1.17 bits per heavy atom. The first kappa shape index (κ1) is 19.3. The number of hydrogen-bond donors (Lipinski definition) is 0. The summed E-state index contributed by atoms with van der Waals surface area (Å²) in [4.78, 5) is 17.9. The molecule has 0 radical (unpaired) electrons. The van der Waals surface area contributed by atoms with E-state index in [0.717, 1.165) is 16.8 Å². The number of fused-ring (bicyclic) bond motifs is 1. The molecule has 8 nitrogen and oxygen atoms in total. The molecule has 1 amide bonds. The van der Waals surface area contributed by atoms with Crippen LogP contribution in [-0.2, 0) is 27.7 Å². The molecule has 0 unspecified atom stereocenters. The van der Waals surface area contributed by atoms with Crippen molar-refractivity contribution in [1.29, 1.82) is 0 Å². The third kappa shape index (κ3) is 3.66. The van der Waals surface area contributed by atoms with Gasteiger partial charge in [-0.2, -0.15) is 4.98 Å². The molecular formula is C20H20N4O4S. The number of aromatic nitrogens is 2. The van der Waals surface area contributed by atoms with E-state index in [1.165, 1.54) is 22.3 Å². The second-order valence-electron chi connectivity index (χ2n) is 6.88. The van der Waals surface area contributed by atoms with E-state index in [1.54, 1.807) is 19.2 Å². The number of amides is 1. The number of rotatable bonds is 6. The van der Waals surface area contributed by atoms with Crippen LogP contribution in [0.3, 0.4) is 0 Å². The number of sulfonamides is 1. The Morgan fingerprint density at radius 3 is 2.69 bits per heavy atom. The van der Waals surface area contributed by atoms with Crippen LogP contribution in [0.15, 0.2) is 57.9 Å². The van der Waals surface area contributed by atoms with Crippen LogP contribution in [0.25, 0.3) is 11.5 Å². The van der Waals surface area contributed by atoms with Gasteiger partial charge < -0.3 is 9.42 Å². The Kier molecular flexibility index (Phi) is 4.93. The van der Waals surface area contributed by atoms with Crippen molar-refractivity contribution in [2.45, 2.75) is 17.7 Å². The van der Waals surface area contributed by atoms with E-state index >= 15 is 0 Å². The summed E-state index contributed by atoms with van der Waals surface area (Å²) in [6.07, 6.45) is 0.530. The molecule has 0 bridgehead atoms. The van der Waals surface area contributed by atoms with Crippen LogP contribution >= 0.6 is 0 Å². The number of anilines is 1. The molecule has 150 valence electrons. The lowest BCUT2D eigenvalue weighted by atomic mass is 10.2. The molecule has 0 saturated heterocycles. The van der Waals surface area contributed by atoms with E-state index in [-0.39, 0.29) is 23.8 Å². The zero-order chi connectivity index (χ0) is 20.6. The molecule has 3 aromatic rings. The van der Waals surface area contributed by atoms with Crippen LogP contribution < -0.4 is 4.90 Å². The molecule has 0 fully saturated rings. The minimum Gasteiger partial charge on any atom is -0.334 e. The molecule has 0 N–H and O–H groups in total. The van der Waals surface area contributed by atoms with Crippen molar-refractivity contribution in [1.82, 2.24) is 14.4 Å². The lowest BCUT2D eigenvalue weighted by Gasteiger charge is -2.17. The van der Waals surface area contributed by atoms with Crippen molar-refractivity contribution in [3.8, 4) is 11.5 Å². The third-order valence-corrected chi connectivity index (χ3v) is 6.83. The summed E-state index contributed by atoms with van der Waals surface area (Å²) in [5.74, 6) is 0.792. The van der Waals surface area contributed by atoms with Gasteiger partial charge in [-0.1, -0.05) is 23.4 Å². The van der Waals surface area contributed by atoms with Gasteiger partial charge in [0.25, 0.3) is 5.89 Å². The fourth-order valence-corrected chi connectivity index (χ4v) is 4.44. The summed E-state index contributed by atoms with van der Waals surface area (Å²) in [6.45, 7) is 0.200. The second-order valence-corrected chi connectivity index (χ2v) is 8.92. The summed E-state index contributed by atoms with van der Waals surface area (Å²) in [5, 5.41) is 3.93. The molecule has 2 heterocycles. The smallest absolute Gasteiger partial charge is 0.257 e. The summed E-state index contributed by atoms with van der Waals surface area (Å²) in [6, 6.07) is 14.2. The number of likely N-dealkylation sites (N-methyl/N-ethyl adjacent to an activating group) is 2. The van der Waals surface area contributed by atoms with Crippen LogP contribution in [0.2, 0.25) is 0 Å². The summed E-state index contributed by atoms with van der Waals surface area (Å²) < 4.78 is 32.3. The van der Waals surface area contributed by atoms with E-state index in [2.05, 4.69) is 10.1 Å². The molecule has 2 aromatic carbocycles. The fraction of sp³-hybridized carbons (Fsp3) is 0.250. The molecule has 0 aliphatic carbocycles. The van der Waals surface area contributed by atoms with Crippen molar-refractivity contribution in [2.24, 2.45) is 0 Å². The van der Waals surface area contributed by atoms with Crippen molar-refractivity contribution in [3.63, 3.8) is 0 Å². The Labute approximate surface area is 168 Å². The van der Waals surface area contributed by atoms with Crippen LogP contribution in [0.5, 0.6) is 0 Å². The number of benzene rings is 2. The molecule has 1 aliphatic heterocycles. The van der Waals surface area contributed by atoms with Gasteiger partial charge in [-0.05, 0) is 35.9 Å². The van der Waals surface area contributed by atoms with E-state index in [9.17, 15) is 13.2 Å². The topological polar surface area (TPSA) is 96.6 Å². The van der Waals surface area contributed by atoms with Crippen LogP contribution in [-0.4, -0.2) is 49.4 Å². The molecule has 0 saturated carbocycles. The molecule has 1 aliphatic rings. The van der Waals surface area contributed by atoms with Gasteiger partial charge in [0.1, 0.15) is 0 Å². The molecule has 4 rings (SSSR count). The molecule has 1 aromatic heterocycles. The zero-order valence-electron chi connectivity index (χ0n) is 16.1. The van der Waals surface area contributed by atoms with Gasteiger partial charge in [0, 0.05) is 38.3 Å². The lowest BCUT2D eigenvalue weighted by Crippen LogP contribution is -2.29. The van der Waals surface area contributed by atoms with Crippen LogP contribution in [0.1, 0.15) is 11.4 Å². The Balaban J connectivity index is 1.46. The fourth-order valence-electron chi connectivity index (χ4n) is 3.22. The van der Waals surface area contributed by atoms with Gasteiger partial charge in [-0.3, -0.25) is 4.79 Å². The van der Waals surface area contributed by atoms with E-state index in [0.29, 0.717) is 18.1 Å². The molecular weight excluding hydrogens is 392 g/mol. The highest BCUT2D eigenvalue weighted by atomic mass is 32.2. The van der Waals surface area contributed by atoms with Gasteiger partial charge in [-0.25, -0.2) is 12.7 Å². The zero-order valence-corrected chi connectivity index (χ0v) is 16.9. The molecule has 0 spiro atoms. The lowest BCUT2D eigenvalue weighted by molar-refractivity contribution is -0.117. The summed E-state index contributed by atoms with van der Waals surface area (Å²) >= 11 is 0. The van der Waals surface area contributed by atoms with Crippen molar-refractivity contribution >= 4 is 21.6 Å². The minimum absolute atomic E-state index is 0.0470. The number of carbonyl (C=O) groups excluding carboxylic acids is 1. The monoisotopic (exact) mass is 412 g/mol. The molecule has 9 heteroatoms.